The molecule has 0 radical (unpaired) electrons. The van der Waals surface area contributed by atoms with Crippen molar-refractivity contribution in [3.05, 3.63) is 305 Å². The molecule has 1 spiro atoms. The number of hydrogen-bond donors (Lipinski definition) is 0. The van der Waals surface area contributed by atoms with E-state index in [1.165, 1.54) is 60.8 Å². The van der Waals surface area contributed by atoms with Crippen LogP contribution < -0.4 is 14.7 Å². The predicted octanol–water partition coefficient (Wildman–Crippen LogP) is 24.7. The van der Waals surface area contributed by atoms with Gasteiger partial charge in [0.2, 0.25) is 0 Å². The summed E-state index contributed by atoms with van der Waals surface area (Å²) in [4.78, 5) is 7.27. The van der Waals surface area contributed by atoms with Crippen molar-refractivity contribution >= 4 is 117 Å². The van der Waals surface area contributed by atoms with Crippen LogP contribution in [0.4, 0.5) is 51.2 Å². The van der Waals surface area contributed by atoms with E-state index in [0.717, 1.165) is 165 Å². The van der Waals surface area contributed by atoms with Gasteiger partial charge in [0.05, 0.1) is 62.8 Å². The highest BCUT2D eigenvalue weighted by atomic mass is 16.3. The van der Waals surface area contributed by atoms with Crippen molar-refractivity contribution in [2.45, 2.75) is 81.5 Å². The van der Waals surface area contributed by atoms with E-state index < -0.39 is 5.41 Å². The lowest BCUT2D eigenvalue weighted by molar-refractivity contribution is 0.442. The highest BCUT2D eigenvalue weighted by molar-refractivity contribution is 6.21. The van der Waals surface area contributed by atoms with Gasteiger partial charge in [-0.3, -0.25) is 0 Å². The van der Waals surface area contributed by atoms with E-state index >= 15 is 0 Å². The summed E-state index contributed by atoms with van der Waals surface area (Å²) in [6, 6.07) is 99.8. The van der Waals surface area contributed by atoms with Crippen LogP contribution in [0.2, 0.25) is 0 Å². The Hall–Kier alpha value is -11.6. The minimum absolute atomic E-state index is 0.435. The SMILES string of the molecule is N#Cc1ccc(N(c2cc3c(c4ccccc24)-c2c(cc(N(c4ccc(C#N)cc4)c4cccc5c4oc4c(C6CCCCC6)cccc45)c4ccccc24)C32c3ccccc3N(c3ccccc3)c3ccccc32)c2cccc3c2oc2c(C4CCCCC4)cccc23)cc1. The van der Waals surface area contributed by atoms with Crippen molar-refractivity contribution in [2.24, 2.45) is 0 Å². The summed E-state index contributed by atoms with van der Waals surface area (Å²) in [7, 11) is 0. The van der Waals surface area contributed by atoms with Crippen molar-refractivity contribution < 1.29 is 8.83 Å². The van der Waals surface area contributed by atoms with Gasteiger partial charge in [0.15, 0.2) is 11.2 Å². The molecule has 2 fully saturated rings. The number of furan rings is 2. The Kier molecular flexibility index (Phi) is 13.0. The van der Waals surface area contributed by atoms with E-state index in [-0.39, 0.29) is 0 Å². The van der Waals surface area contributed by atoms with Gasteiger partial charge in [-0.25, -0.2) is 0 Å². The topological polar surface area (TPSA) is 83.6 Å². The zero-order chi connectivity index (χ0) is 63.6. The highest BCUT2D eigenvalue weighted by Crippen LogP contribution is 2.68. The second kappa shape index (κ2) is 22.3. The van der Waals surface area contributed by atoms with Crippen LogP contribution in [0.3, 0.4) is 0 Å². The Bertz CT molecular complexity index is 5400. The summed E-state index contributed by atoms with van der Waals surface area (Å²) in [6.07, 6.45) is 12.1. The summed E-state index contributed by atoms with van der Waals surface area (Å²) < 4.78 is 14.9. The predicted molar refractivity (Wildman–Crippen MR) is 392 cm³/mol. The first kappa shape index (κ1) is 55.9. The molecule has 7 nitrogen and oxygen atoms in total. The molecule has 0 atom stereocenters. The summed E-state index contributed by atoms with van der Waals surface area (Å²) in [6.45, 7) is 0. The number of rotatable bonds is 9. The molecule has 0 N–H and O–H groups in total. The summed E-state index contributed by atoms with van der Waals surface area (Å²) in [5.74, 6) is 0.870. The zero-order valence-electron chi connectivity index (χ0n) is 53.1. The van der Waals surface area contributed by atoms with Crippen LogP contribution in [-0.4, -0.2) is 0 Å². The third kappa shape index (κ3) is 8.30. The third-order valence-electron chi connectivity index (χ3n) is 21.8. The number of para-hydroxylation sites is 7. The Labute approximate surface area is 557 Å². The fraction of sp³-hybridized carbons (Fsp3) is 0.146. The van der Waals surface area contributed by atoms with Crippen LogP contribution in [-0.2, 0) is 5.41 Å². The van der Waals surface area contributed by atoms with Gasteiger partial charge >= 0.3 is 0 Å². The molecule has 4 aliphatic rings. The summed E-state index contributed by atoms with van der Waals surface area (Å²) in [5, 5.41) is 29.5. The molecule has 15 aromatic rings. The molecule has 13 aromatic carbocycles. The van der Waals surface area contributed by atoms with E-state index in [2.05, 4.69) is 263 Å². The third-order valence-corrected chi connectivity index (χ3v) is 21.8. The number of nitriles is 2. The molecule has 0 amide bonds. The molecule has 0 unspecified atom stereocenters. The molecule has 19 rings (SSSR count). The lowest BCUT2D eigenvalue weighted by atomic mass is 9.64. The molecule has 2 aromatic heterocycles. The normalized spacial score (nSPS) is 15.0. The van der Waals surface area contributed by atoms with Crippen LogP contribution in [0.1, 0.15) is 121 Å². The molecule has 7 heteroatoms. The number of fused-ring (bicyclic) bond motifs is 19. The largest absolute Gasteiger partial charge is 0.454 e. The minimum atomic E-state index is -0.978. The van der Waals surface area contributed by atoms with Crippen LogP contribution in [0.25, 0.3) is 76.5 Å². The number of benzene rings is 13. The van der Waals surface area contributed by atoms with Gasteiger partial charge in [-0.1, -0.05) is 202 Å². The average molecular weight is 1240 g/mol. The maximum Gasteiger partial charge on any atom is 0.159 e. The highest BCUT2D eigenvalue weighted by Gasteiger charge is 2.54. The lowest BCUT2D eigenvalue weighted by Gasteiger charge is -2.45. The molecule has 0 saturated heterocycles. The number of anilines is 9. The van der Waals surface area contributed by atoms with E-state index in [4.69, 9.17) is 8.83 Å². The molecule has 3 heterocycles. The fourth-order valence-corrected chi connectivity index (χ4v) is 17.7. The molecule has 3 aliphatic carbocycles. The van der Waals surface area contributed by atoms with Crippen LogP contribution >= 0.6 is 0 Å². The van der Waals surface area contributed by atoms with E-state index in [0.29, 0.717) is 23.0 Å². The molecular weight excluding hydrogens is 1170 g/mol. The smallest absolute Gasteiger partial charge is 0.159 e. The van der Waals surface area contributed by atoms with E-state index in [1.807, 2.05) is 24.3 Å². The van der Waals surface area contributed by atoms with E-state index in [1.54, 1.807) is 0 Å². The Balaban J connectivity index is 0.941. The molecule has 0 bridgehead atoms. The van der Waals surface area contributed by atoms with Crippen molar-refractivity contribution in [3.8, 4) is 23.3 Å². The van der Waals surface area contributed by atoms with Gasteiger partial charge in [-0.05, 0) is 190 Å². The van der Waals surface area contributed by atoms with Gasteiger partial charge in [-0.2, -0.15) is 10.5 Å². The molecule has 1 aliphatic heterocycles. The standard InChI is InChI=1S/C89H65N5O2/c90-54-56-44-48-61(49-45-56)93(79-42-20-36-71-69-34-18-32-63(85(69)95-87(71)79)58-22-4-1-5-23-58)81-52-75-83(67-30-12-10-28-65(67)81)84-68-31-13-11-29-66(68)82(53-76(84)89(75)73-38-14-16-40-77(73)92(60-26-8-3-9-27-60)78-41-17-15-39-74(78)89)94(62-50-46-57(55-91)47-51-62)80-43-21-37-72-70-35-19-33-64(86(70)96-88(72)80)59-24-6-2-7-25-59/h3,8-21,26-53,58-59H,1-2,4-7,22-25H2. The molecular formula is C89H65N5O2. The van der Waals surface area contributed by atoms with Crippen LogP contribution in [0.15, 0.2) is 270 Å². The Morgan fingerprint density at radius 3 is 1.15 bits per heavy atom. The van der Waals surface area contributed by atoms with Crippen LogP contribution in [0.5, 0.6) is 0 Å². The fourth-order valence-electron chi connectivity index (χ4n) is 17.7. The van der Waals surface area contributed by atoms with Crippen LogP contribution in [0, 0.1) is 22.7 Å². The molecule has 96 heavy (non-hydrogen) atoms. The van der Waals surface area contributed by atoms with Gasteiger partial charge in [0, 0.05) is 49.4 Å². The Morgan fingerprint density at radius 2 is 0.708 bits per heavy atom. The maximum absolute atomic E-state index is 10.4. The lowest BCUT2D eigenvalue weighted by Crippen LogP contribution is -2.36. The first-order chi connectivity index (χ1) is 47.6. The Morgan fingerprint density at radius 1 is 0.333 bits per heavy atom. The van der Waals surface area contributed by atoms with E-state index in [9.17, 15) is 10.5 Å². The average Bonchev–Trinajstić information content (AvgIpc) is 1.47. The van der Waals surface area contributed by atoms with Gasteiger partial charge in [0.25, 0.3) is 0 Å². The second-order valence-electron chi connectivity index (χ2n) is 26.8. The van der Waals surface area contributed by atoms with Crippen molar-refractivity contribution in [2.75, 3.05) is 14.7 Å². The molecule has 2 saturated carbocycles. The maximum atomic E-state index is 10.4. The second-order valence-corrected chi connectivity index (χ2v) is 26.8. The quantitative estimate of drug-likeness (QED) is 0.142. The van der Waals surface area contributed by atoms with Gasteiger partial charge in [-0.15, -0.1) is 0 Å². The number of nitrogens with zero attached hydrogens (tertiary/aromatic N) is 5. The van der Waals surface area contributed by atoms with Gasteiger partial charge in [0.1, 0.15) is 11.2 Å². The summed E-state index contributed by atoms with van der Waals surface area (Å²) >= 11 is 0. The van der Waals surface area contributed by atoms with Crippen molar-refractivity contribution in [1.29, 1.82) is 10.5 Å². The van der Waals surface area contributed by atoms with Crippen molar-refractivity contribution in [1.82, 2.24) is 0 Å². The van der Waals surface area contributed by atoms with Crippen molar-refractivity contribution in [3.63, 3.8) is 0 Å². The first-order valence-corrected chi connectivity index (χ1v) is 34.2. The molecule has 458 valence electrons. The summed E-state index contributed by atoms with van der Waals surface area (Å²) in [5.41, 5.74) is 22.1. The zero-order valence-corrected chi connectivity index (χ0v) is 53.1. The van der Waals surface area contributed by atoms with Gasteiger partial charge < -0.3 is 23.5 Å². The number of hydrogen-bond acceptors (Lipinski definition) is 7. The minimum Gasteiger partial charge on any atom is -0.454 e. The monoisotopic (exact) mass is 1240 g/mol. The first-order valence-electron chi connectivity index (χ1n) is 34.2.